The Bertz CT molecular complexity index is 369. The first kappa shape index (κ1) is 14.2. The van der Waals surface area contributed by atoms with E-state index in [2.05, 4.69) is 26.2 Å². The van der Waals surface area contributed by atoms with Crippen LogP contribution in [0.5, 0.6) is 0 Å². The van der Waals surface area contributed by atoms with Gasteiger partial charge in [-0.25, -0.2) is 5.84 Å². The lowest BCUT2D eigenvalue weighted by atomic mass is 9.93. The fraction of sp³-hybridized carbons (Fsp3) is 0.583. The first-order valence-electron chi connectivity index (χ1n) is 5.60. The van der Waals surface area contributed by atoms with Crippen LogP contribution in [-0.2, 0) is 11.3 Å². The lowest BCUT2D eigenvalue weighted by Gasteiger charge is -2.17. The molecule has 1 aromatic heterocycles. The van der Waals surface area contributed by atoms with E-state index in [1.165, 1.54) is 11.3 Å². The molecule has 0 saturated heterocycles. The Labute approximate surface area is 106 Å². The van der Waals surface area contributed by atoms with Crippen LogP contribution in [0.2, 0.25) is 0 Å². The van der Waals surface area contributed by atoms with Crippen molar-refractivity contribution in [3.8, 4) is 0 Å². The first-order valence-corrected chi connectivity index (χ1v) is 6.41. The maximum atomic E-state index is 11.2. The molecule has 1 heterocycles. The number of thiophene rings is 1. The monoisotopic (exact) mass is 256 g/mol. The molecular formula is C12H20N2O2S. The molecule has 0 aliphatic rings. The summed E-state index contributed by atoms with van der Waals surface area (Å²) in [5, 5.41) is 0. The van der Waals surface area contributed by atoms with Crippen LogP contribution < -0.4 is 11.3 Å². The minimum Gasteiger partial charge on any atom is -0.376 e. The van der Waals surface area contributed by atoms with Crippen LogP contribution in [0.25, 0.3) is 0 Å². The molecule has 0 bridgehead atoms. The largest absolute Gasteiger partial charge is 0.376 e. The standard InChI is InChI=1S/C12H20N2O2S/c1-12(2,3)6-7-16-8-9-4-5-10(17-9)11(15)14-13/h4-5H,6-8,13H2,1-3H3,(H,14,15). The molecule has 3 N–H and O–H groups in total. The van der Waals surface area contributed by atoms with E-state index in [4.69, 9.17) is 10.6 Å². The van der Waals surface area contributed by atoms with Crippen molar-refractivity contribution >= 4 is 17.2 Å². The molecule has 0 aromatic carbocycles. The molecule has 96 valence electrons. The van der Waals surface area contributed by atoms with Gasteiger partial charge in [0.05, 0.1) is 11.5 Å². The van der Waals surface area contributed by atoms with E-state index in [0.717, 1.165) is 17.9 Å². The highest BCUT2D eigenvalue weighted by Crippen LogP contribution is 2.20. The molecule has 0 spiro atoms. The summed E-state index contributed by atoms with van der Waals surface area (Å²) in [6, 6.07) is 3.65. The van der Waals surface area contributed by atoms with E-state index in [1.54, 1.807) is 6.07 Å². The van der Waals surface area contributed by atoms with Gasteiger partial charge < -0.3 is 4.74 Å². The number of ether oxygens (including phenoxy) is 1. The molecule has 0 radical (unpaired) electrons. The van der Waals surface area contributed by atoms with Gasteiger partial charge in [-0.15, -0.1) is 11.3 Å². The van der Waals surface area contributed by atoms with Crippen molar-refractivity contribution < 1.29 is 9.53 Å². The van der Waals surface area contributed by atoms with Gasteiger partial charge in [-0.3, -0.25) is 10.2 Å². The normalized spacial score (nSPS) is 11.5. The van der Waals surface area contributed by atoms with Gasteiger partial charge in [0.1, 0.15) is 0 Å². The molecule has 0 fully saturated rings. The van der Waals surface area contributed by atoms with Crippen LogP contribution >= 0.6 is 11.3 Å². The number of nitrogens with one attached hydrogen (secondary N) is 1. The van der Waals surface area contributed by atoms with Crippen molar-refractivity contribution in [2.24, 2.45) is 11.3 Å². The smallest absolute Gasteiger partial charge is 0.275 e. The Morgan fingerprint density at radius 3 is 2.76 bits per heavy atom. The van der Waals surface area contributed by atoms with E-state index < -0.39 is 0 Å². The van der Waals surface area contributed by atoms with Gasteiger partial charge in [0.25, 0.3) is 5.91 Å². The molecule has 17 heavy (non-hydrogen) atoms. The van der Waals surface area contributed by atoms with E-state index in [-0.39, 0.29) is 5.91 Å². The van der Waals surface area contributed by atoms with Crippen LogP contribution in [0.4, 0.5) is 0 Å². The number of carbonyl (C=O) groups excluding carboxylic acids is 1. The van der Waals surface area contributed by atoms with E-state index in [9.17, 15) is 4.79 Å². The number of amides is 1. The highest BCUT2D eigenvalue weighted by atomic mass is 32.1. The minimum atomic E-state index is -0.254. The second-order valence-corrected chi connectivity index (χ2v) is 6.27. The zero-order valence-electron chi connectivity index (χ0n) is 10.6. The number of rotatable bonds is 5. The fourth-order valence-corrected chi connectivity index (χ4v) is 2.05. The number of carbonyl (C=O) groups is 1. The van der Waals surface area contributed by atoms with Gasteiger partial charge in [0.2, 0.25) is 0 Å². The van der Waals surface area contributed by atoms with Gasteiger partial charge in [-0.05, 0) is 24.0 Å². The molecular weight excluding hydrogens is 236 g/mol. The summed E-state index contributed by atoms with van der Waals surface area (Å²) in [5.74, 6) is 4.80. The summed E-state index contributed by atoms with van der Waals surface area (Å²) in [6.45, 7) is 7.85. The lowest BCUT2D eigenvalue weighted by Crippen LogP contribution is -2.29. The molecule has 1 aromatic rings. The number of hydrogen-bond acceptors (Lipinski definition) is 4. The quantitative estimate of drug-likeness (QED) is 0.368. The second-order valence-electron chi connectivity index (χ2n) is 5.10. The van der Waals surface area contributed by atoms with Crippen molar-refractivity contribution in [2.75, 3.05) is 6.61 Å². The Hall–Kier alpha value is -0.910. The fourth-order valence-electron chi connectivity index (χ4n) is 1.20. The van der Waals surface area contributed by atoms with Crippen LogP contribution in [-0.4, -0.2) is 12.5 Å². The van der Waals surface area contributed by atoms with Crippen LogP contribution in [0, 0.1) is 5.41 Å². The van der Waals surface area contributed by atoms with Crippen molar-refractivity contribution in [1.29, 1.82) is 0 Å². The van der Waals surface area contributed by atoms with E-state index in [0.29, 0.717) is 16.9 Å². The molecule has 1 amide bonds. The predicted molar refractivity (Wildman–Crippen MR) is 69.7 cm³/mol. The summed E-state index contributed by atoms with van der Waals surface area (Å²) >= 11 is 1.41. The summed E-state index contributed by atoms with van der Waals surface area (Å²) < 4.78 is 5.57. The van der Waals surface area contributed by atoms with Crippen molar-refractivity contribution in [2.45, 2.75) is 33.8 Å². The van der Waals surface area contributed by atoms with Crippen molar-refractivity contribution in [1.82, 2.24) is 5.43 Å². The van der Waals surface area contributed by atoms with Gasteiger partial charge in [-0.2, -0.15) is 0 Å². The van der Waals surface area contributed by atoms with Crippen LogP contribution in [0.3, 0.4) is 0 Å². The Morgan fingerprint density at radius 2 is 2.18 bits per heavy atom. The zero-order valence-corrected chi connectivity index (χ0v) is 11.4. The number of nitrogen functional groups attached to an aromatic ring is 1. The predicted octanol–water partition coefficient (Wildman–Crippen LogP) is 2.30. The second kappa shape index (κ2) is 6.14. The van der Waals surface area contributed by atoms with Crippen LogP contribution in [0.1, 0.15) is 41.7 Å². The minimum absolute atomic E-state index is 0.254. The first-order chi connectivity index (χ1) is 7.92. The third-order valence-electron chi connectivity index (χ3n) is 2.26. The number of hydrogen-bond donors (Lipinski definition) is 2. The average molecular weight is 256 g/mol. The highest BCUT2D eigenvalue weighted by Gasteiger charge is 2.10. The van der Waals surface area contributed by atoms with Crippen LogP contribution in [0.15, 0.2) is 12.1 Å². The molecule has 0 saturated carbocycles. The molecule has 0 atom stereocenters. The molecule has 1 rings (SSSR count). The Balaban J connectivity index is 2.33. The third kappa shape index (κ3) is 5.30. The van der Waals surface area contributed by atoms with Gasteiger partial charge in [-0.1, -0.05) is 20.8 Å². The van der Waals surface area contributed by atoms with E-state index >= 15 is 0 Å². The van der Waals surface area contributed by atoms with Crippen molar-refractivity contribution in [3.05, 3.63) is 21.9 Å². The van der Waals surface area contributed by atoms with Gasteiger partial charge in [0, 0.05) is 11.5 Å². The maximum Gasteiger partial charge on any atom is 0.275 e. The summed E-state index contributed by atoms with van der Waals surface area (Å²) in [4.78, 5) is 12.9. The van der Waals surface area contributed by atoms with Gasteiger partial charge >= 0.3 is 0 Å². The van der Waals surface area contributed by atoms with Crippen molar-refractivity contribution in [3.63, 3.8) is 0 Å². The molecule has 0 aliphatic heterocycles. The lowest BCUT2D eigenvalue weighted by molar-refractivity contribution is 0.0957. The summed E-state index contributed by atoms with van der Waals surface area (Å²) in [7, 11) is 0. The van der Waals surface area contributed by atoms with E-state index in [1.807, 2.05) is 6.07 Å². The Morgan fingerprint density at radius 1 is 1.47 bits per heavy atom. The van der Waals surface area contributed by atoms with Gasteiger partial charge in [0.15, 0.2) is 0 Å². The summed E-state index contributed by atoms with van der Waals surface area (Å²) in [5.41, 5.74) is 2.40. The number of hydrazine groups is 1. The maximum absolute atomic E-state index is 11.2. The molecule has 5 heteroatoms. The molecule has 4 nitrogen and oxygen atoms in total. The molecule has 0 aliphatic carbocycles. The Kier molecular flexibility index (Phi) is 5.11. The SMILES string of the molecule is CC(C)(C)CCOCc1ccc(C(=O)NN)s1. The third-order valence-corrected chi connectivity index (χ3v) is 3.31. The summed E-state index contributed by atoms with van der Waals surface area (Å²) in [6.07, 6.45) is 1.02. The number of nitrogens with two attached hydrogens (primary N) is 1. The average Bonchev–Trinajstić information content (AvgIpc) is 2.70. The topological polar surface area (TPSA) is 64.3 Å². The molecule has 0 unspecified atom stereocenters. The zero-order chi connectivity index (χ0) is 12.9. The highest BCUT2D eigenvalue weighted by molar-refractivity contribution is 7.14.